The van der Waals surface area contributed by atoms with E-state index in [0.717, 1.165) is 28.5 Å². The SMILES string of the molecule is O=C(NC1CCN2CCCC2C1)c1ccc(I)cc1. The van der Waals surface area contributed by atoms with E-state index in [1.165, 1.54) is 19.4 Å². The number of carbonyl (C=O) groups excluding carboxylic acids is 1. The molecule has 19 heavy (non-hydrogen) atoms. The van der Waals surface area contributed by atoms with Crippen molar-refractivity contribution in [2.75, 3.05) is 13.1 Å². The van der Waals surface area contributed by atoms with Crippen molar-refractivity contribution in [3.63, 3.8) is 0 Å². The molecular formula is C15H19IN2O. The number of carbonyl (C=O) groups is 1. The Balaban J connectivity index is 1.59. The lowest BCUT2D eigenvalue weighted by Gasteiger charge is -2.35. The van der Waals surface area contributed by atoms with Crippen LogP contribution in [0.1, 0.15) is 36.0 Å². The smallest absolute Gasteiger partial charge is 0.251 e. The van der Waals surface area contributed by atoms with Crippen molar-refractivity contribution >= 4 is 28.5 Å². The molecule has 1 amide bonds. The first-order valence-electron chi connectivity index (χ1n) is 7.03. The minimum atomic E-state index is 0.0767. The van der Waals surface area contributed by atoms with E-state index in [0.29, 0.717) is 12.1 Å². The van der Waals surface area contributed by atoms with E-state index in [1.54, 1.807) is 0 Å². The summed E-state index contributed by atoms with van der Waals surface area (Å²) < 4.78 is 1.16. The molecule has 2 saturated heterocycles. The van der Waals surface area contributed by atoms with Crippen LogP contribution < -0.4 is 5.32 Å². The Morgan fingerprint density at radius 1 is 1.21 bits per heavy atom. The number of hydrogen-bond donors (Lipinski definition) is 1. The molecular weight excluding hydrogens is 351 g/mol. The second kappa shape index (κ2) is 5.79. The highest BCUT2D eigenvalue weighted by molar-refractivity contribution is 14.1. The van der Waals surface area contributed by atoms with E-state index in [4.69, 9.17) is 0 Å². The summed E-state index contributed by atoms with van der Waals surface area (Å²) in [4.78, 5) is 14.8. The maximum atomic E-state index is 12.2. The van der Waals surface area contributed by atoms with E-state index in [1.807, 2.05) is 24.3 Å². The highest BCUT2D eigenvalue weighted by Crippen LogP contribution is 2.26. The molecule has 1 N–H and O–H groups in total. The van der Waals surface area contributed by atoms with Gasteiger partial charge in [-0.15, -0.1) is 0 Å². The third-order valence-electron chi connectivity index (χ3n) is 4.26. The summed E-state index contributed by atoms with van der Waals surface area (Å²) in [7, 11) is 0. The van der Waals surface area contributed by atoms with Crippen molar-refractivity contribution in [3.8, 4) is 0 Å². The molecule has 0 bridgehead atoms. The van der Waals surface area contributed by atoms with Gasteiger partial charge in [-0.3, -0.25) is 4.79 Å². The van der Waals surface area contributed by atoms with Gasteiger partial charge in [-0.25, -0.2) is 0 Å². The summed E-state index contributed by atoms with van der Waals surface area (Å²) >= 11 is 2.25. The molecule has 0 radical (unpaired) electrons. The van der Waals surface area contributed by atoms with Crippen molar-refractivity contribution in [2.45, 2.75) is 37.8 Å². The van der Waals surface area contributed by atoms with Crippen molar-refractivity contribution in [1.29, 1.82) is 0 Å². The van der Waals surface area contributed by atoms with Gasteiger partial charge in [0, 0.05) is 27.8 Å². The third kappa shape index (κ3) is 3.11. The summed E-state index contributed by atoms with van der Waals surface area (Å²) in [5, 5.41) is 3.20. The Morgan fingerprint density at radius 3 is 2.79 bits per heavy atom. The molecule has 2 heterocycles. The zero-order valence-corrected chi connectivity index (χ0v) is 13.1. The van der Waals surface area contributed by atoms with Crippen LogP contribution in [0, 0.1) is 3.57 Å². The summed E-state index contributed by atoms with van der Waals surface area (Å²) in [6.07, 6.45) is 4.83. The highest BCUT2D eigenvalue weighted by Gasteiger charge is 2.32. The molecule has 2 aliphatic rings. The molecule has 102 valence electrons. The lowest BCUT2D eigenvalue weighted by molar-refractivity contribution is 0.0896. The van der Waals surface area contributed by atoms with Crippen LogP contribution in [0.4, 0.5) is 0 Å². The molecule has 2 atom stereocenters. The van der Waals surface area contributed by atoms with Crippen LogP contribution in [-0.2, 0) is 0 Å². The second-order valence-corrected chi connectivity index (χ2v) is 6.78. The monoisotopic (exact) mass is 370 g/mol. The van der Waals surface area contributed by atoms with Crippen LogP contribution in [0.3, 0.4) is 0 Å². The molecule has 1 aromatic rings. The number of fused-ring (bicyclic) bond motifs is 1. The quantitative estimate of drug-likeness (QED) is 0.812. The third-order valence-corrected chi connectivity index (χ3v) is 4.98. The van der Waals surface area contributed by atoms with Crippen LogP contribution in [0.15, 0.2) is 24.3 Å². The van der Waals surface area contributed by atoms with E-state index in [9.17, 15) is 4.79 Å². The van der Waals surface area contributed by atoms with Crippen LogP contribution in [0.5, 0.6) is 0 Å². The van der Waals surface area contributed by atoms with E-state index in [2.05, 4.69) is 32.8 Å². The first-order chi connectivity index (χ1) is 9.22. The van der Waals surface area contributed by atoms with Crippen LogP contribution in [0.2, 0.25) is 0 Å². The summed E-state index contributed by atoms with van der Waals surface area (Å²) in [5.74, 6) is 0.0767. The van der Waals surface area contributed by atoms with Crippen LogP contribution in [0.25, 0.3) is 0 Å². The minimum Gasteiger partial charge on any atom is -0.349 e. The van der Waals surface area contributed by atoms with Gasteiger partial charge in [-0.2, -0.15) is 0 Å². The molecule has 2 fully saturated rings. The Kier molecular flexibility index (Phi) is 4.07. The second-order valence-electron chi connectivity index (χ2n) is 5.53. The van der Waals surface area contributed by atoms with Gasteiger partial charge in [0.15, 0.2) is 0 Å². The van der Waals surface area contributed by atoms with Crippen molar-refractivity contribution in [1.82, 2.24) is 10.2 Å². The topological polar surface area (TPSA) is 32.3 Å². The Hall–Kier alpha value is -0.620. The zero-order valence-electron chi connectivity index (χ0n) is 10.9. The van der Waals surface area contributed by atoms with E-state index in [-0.39, 0.29) is 5.91 Å². The fraction of sp³-hybridized carbons (Fsp3) is 0.533. The average Bonchev–Trinajstić information content (AvgIpc) is 2.87. The number of piperidine rings is 1. The largest absolute Gasteiger partial charge is 0.349 e. The standard InChI is InChI=1S/C15H19IN2O/c16-12-5-3-11(4-6-12)15(19)17-13-7-9-18-8-1-2-14(18)10-13/h3-6,13-14H,1-2,7-10H2,(H,17,19). The van der Waals surface area contributed by atoms with E-state index < -0.39 is 0 Å². The molecule has 3 rings (SSSR count). The maximum Gasteiger partial charge on any atom is 0.251 e. The van der Waals surface area contributed by atoms with Gasteiger partial charge >= 0.3 is 0 Å². The van der Waals surface area contributed by atoms with Crippen LogP contribution in [-0.4, -0.2) is 36.0 Å². The molecule has 1 aromatic carbocycles. The molecule has 0 saturated carbocycles. The first-order valence-corrected chi connectivity index (χ1v) is 8.11. The molecule has 2 aliphatic heterocycles. The molecule has 0 aromatic heterocycles. The van der Waals surface area contributed by atoms with Gasteiger partial charge in [0.05, 0.1) is 0 Å². The van der Waals surface area contributed by atoms with Gasteiger partial charge in [0.2, 0.25) is 0 Å². The van der Waals surface area contributed by atoms with Crippen molar-refractivity contribution < 1.29 is 4.79 Å². The molecule has 4 heteroatoms. The predicted molar refractivity (Wildman–Crippen MR) is 84.2 cm³/mol. The number of amides is 1. The Bertz CT molecular complexity index is 460. The summed E-state index contributed by atoms with van der Waals surface area (Å²) in [5.41, 5.74) is 0.772. The number of halogens is 1. The summed E-state index contributed by atoms with van der Waals surface area (Å²) in [6, 6.07) is 8.83. The van der Waals surface area contributed by atoms with Crippen molar-refractivity contribution in [3.05, 3.63) is 33.4 Å². The fourth-order valence-electron chi connectivity index (χ4n) is 3.23. The fourth-order valence-corrected chi connectivity index (χ4v) is 3.59. The Morgan fingerprint density at radius 2 is 2.00 bits per heavy atom. The van der Waals surface area contributed by atoms with E-state index >= 15 is 0 Å². The Labute approximate surface area is 127 Å². The van der Waals surface area contributed by atoms with Gasteiger partial charge < -0.3 is 10.2 Å². The van der Waals surface area contributed by atoms with Crippen molar-refractivity contribution in [2.24, 2.45) is 0 Å². The average molecular weight is 370 g/mol. The number of hydrogen-bond acceptors (Lipinski definition) is 2. The van der Waals surface area contributed by atoms with Crippen LogP contribution >= 0.6 is 22.6 Å². The number of benzene rings is 1. The summed E-state index contributed by atoms with van der Waals surface area (Å²) in [6.45, 7) is 2.39. The van der Waals surface area contributed by atoms with Gasteiger partial charge in [-0.05, 0) is 79.1 Å². The lowest BCUT2D eigenvalue weighted by atomic mass is 9.97. The minimum absolute atomic E-state index is 0.0767. The van der Waals surface area contributed by atoms with Gasteiger partial charge in [0.25, 0.3) is 5.91 Å². The molecule has 0 aliphatic carbocycles. The molecule has 2 unspecified atom stereocenters. The first kappa shape index (κ1) is 13.4. The normalized spacial score (nSPS) is 27.0. The zero-order chi connectivity index (χ0) is 13.2. The van der Waals surface area contributed by atoms with Gasteiger partial charge in [0.1, 0.15) is 0 Å². The number of nitrogens with zero attached hydrogens (tertiary/aromatic N) is 1. The lowest BCUT2D eigenvalue weighted by Crippen LogP contribution is -2.47. The maximum absolute atomic E-state index is 12.2. The number of nitrogens with one attached hydrogen (secondary N) is 1. The number of rotatable bonds is 2. The predicted octanol–water partition coefficient (Wildman–Crippen LogP) is 2.65. The van der Waals surface area contributed by atoms with Gasteiger partial charge in [-0.1, -0.05) is 0 Å². The molecule has 0 spiro atoms. The highest BCUT2D eigenvalue weighted by atomic mass is 127. The molecule has 3 nitrogen and oxygen atoms in total.